The van der Waals surface area contributed by atoms with Gasteiger partial charge in [0.05, 0.1) is 0 Å². The second-order valence-electron chi connectivity index (χ2n) is 6.10. The van der Waals surface area contributed by atoms with Crippen molar-refractivity contribution in [1.29, 1.82) is 0 Å². The maximum absolute atomic E-state index is 13.7. The highest BCUT2D eigenvalue weighted by molar-refractivity contribution is 6.03. The zero-order valence-electron chi connectivity index (χ0n) is 14.6. The van der Waals surface area contributed by atoms with Crippen LogP contribution in [-0.2, 0) is 5.60 Å². The Kier molecular flexibility index (Phi) is 4.54. The fourth-order valence-electron chi connectivity index (χ4n) is 3.16. The maximum atomic E-state index is 13.7. The summed E-state index contributed by atoms with van der Waals surface area (Å²) < 4.78 is 6.45. The lowest BCUT2D eigenvalue weighted by molar-refractivity contribution is 0.0575. The summed E-state index contributed by atoms with van der Waals surface area (Å²) in [6.07, 6.45) is 3.20. The van der Waals surface area contributed by atoms with Crippen LogP contribution in [-0.4, -0.2) is 15.8 Å². The Morgan fingerprint density at radius 2 is 1.30 bits per heavy atom. The number of para-hydroxylation sites is 1. The molecule has 132 valence electrons. The normalized spacial score (nSPS) is 11.1. The number of ketones is 1. The molecule has 0 bridgehead atoms. The quantitative estimate of drug-likeness (QED) is 0.514. The largest absolute Gasteiger partial charge is 0.469 e. The van der Waals surface area contributed by atoms with Gasteiger partial charge in [-0.3, -0.25) is 4.79 Å². The summed E-state index contributed by atoms with van der Waals surface area (Å²) >= 11 is 0. The number of nitrogens with zero attached hydrogens (tertiary/aromatic N) is 1. The number of nitrogens with one attached hydrogen (secondary N) is 1. The van der Waals surface area contributed by atoms with Gasteiger partial charge in [-0.1, -0.05) is 78.9 Å². The molecule has 0 unspecified atom stereocenters. The minimum absolute atomic E-state index is 0.249. The number of ether oxygens (including phenoxy) is 1. The molecule has 4 rings (SSSR count). The molecule has 1 heterocycles. The molecule has 0 saturated carbocycles. The Hall–Kier alpha value is -3.66. The van der Waals surface area contributed by atoms with Crippen LogP contribution in [0.3, 0.4) is 0 Å². The first-order valence-corrected chi connectivity index (χ1v) is 8.70. The number of aromatic amines is 1. The highest BCUT2D eigenvalue weighted by Crippen LogP contribution is 2.37. The summed E-state index contributed by atoms with van der Waals surface area (Å²) in [6, 6.07) is 28.4. The number of hydrogen-bond acceptors (Lipinski definition) is 3. The number of carbonyl (C=O) groups excluding carboxylic acids is 1. The van der Waals surface area contributed by atoms with Crippen molar-refractivity contribution >= 4 is 5.78 Å². The fourth-order valence-corrected chi connectivity index (χ4v) is 3.16. The van der Waals surface area contributed by atoms with Gasteiger partial charge in [0.15, 0.2) is 5.82 Å². The SMILES string of the molecule is O=C(c1ncc[nH]1)C(Oc1ccccc1)(c1ccccc1)c1ccccc1. The lowest BCUT2D eigenvalue weighted by atomic mass is 9.82. The molecule has 1 aromatic heterocycles. The fraction of sp³-hybridized carbons (Fsp3) is 0.0435. The minimum Gasteiger partial charge on any atom is -0.469 e. The first-order chi connectivity index (χ1) is 13.3. The highest BCUT2D eigenvalue weighted by atomic mass is 16.5. The van der Waals surface area contributed by atoms with Crippen LogP contribution in [0.25, 0.3) is 0 Å². The topological polar surface area (TPSA) is 55.0 Å². The van der Waals surface area contributed by atoms with Gasteiger partial charge in [0, 0.05) is 23.5 Å². The Morgan fingerprint density at radius 3 is 1.78 bits per heavy atom. The third kappa shape index (κ3) is 3.13. The lowest BCUT2D eigenvalue weighted by Crippen LogP contribution is -2.43. The molecular formula is C23H18N2O2. The molecule has 27 heavy (non-hydrogen) atoms. The monoisotopic (exact) mass is 354 g/mol. The Morgan fingerprint density at radius 1 is 0.778 bits per heavy atom. The summed E-state index contributed by atoms with van der Waals surface area (Å²) in [5, 5.41) is 0. The number of imidazole rings is 1. The smallest absolute Gasteiger partial charge is 0.250 e. The third-order valence-corrected chi connectivity index (χ3v) is 4.41. The van der Waals surface area contributed by atoms with Crippen molar-refractivity contribution < 1.29 is 9.53 Å². The van der Waals surface area contributed by atoms with Gasteiger partial charge in [0.2, 0.25) is 5.60 Å². The van der Waals surface area contributed by atoms with Crippen molar-refractivity contribution in [2.24, 2.45) is 0 Å². The van der Waals surface area contributed by atoms with Gasteiger partial charge < -0.3 is 9.72 Å². The molecule has 0 atom stereocenters. The molecule has 4 aromatic rings. The van der Waals surface area contributed by atoms with Crippen LogP contribution < -0.4 is 4.74 Å². The van der Waals surface area contributed by atoms with Gasteiger partial charge in [-0.25, -0.2) is 4.98 Å². The Bertz CT molecular complexity index is 959. The molecule has 0 fully saturated rings. The van der Waals surface area contributed by atoms with Gasteiger partial charge >= 0.3 is 0 Å². The number of aromatic nitrogens is 2. The summed E-state index contributed by atoms with van der Waals surface area (Å²) in [6.45, 7) is 0. The Labute approximate surface area is 157 Å². The molecular weight excluding hydrogens is 336 g/mol. The number of hydrogen-bond donors (Lipinski definition) is 1. The highest BCUT2D eigenvalue weighted by Gasteiger charge is 2.46. The lowest BCUT2D eigenvalue weighted by Gasteiger charge is -2.33. The predicted molar refractivity (Wildman–Crippen MR) is 104 cm³/mol. The van der Waals surface area contributed by atoms with Crippen molar-refractivity contribution in [2.45, 2.75) is 5.60 Å². The first kappa shape index (κ1) is 16.8. The van der Waals surface area contributed by atoms with Gasteiger partial charge in [-0.05, 0) is 12.1 Å². The van der Waals surface area contributed by atoms with Crippen LogP contribution in [0.5, 0.6) is 5.75 Å². The summed E-state index contributed by atoms with van der Waals surface area (Å²) in [5.74, 6) is 0.595. The second-order valence-corrected chi connectivity index (χ2v) is 6.10. The van der Waals surface area contributed by atoms with Gasteiger partial charge in [-0.15, -0.1) is 0 Å². The van der Waals surface area contributed by atoms with E-state index in [1.807, 2.05) is 91.0 Å². The molecule has 0 aliphatic rings. The molecule has 0 aliphatic heterocycles. The van der Waals surface area contributed by atoms with Crippen LogP contribution in [0.1, 0.15) is 21.7 Å². The maximum Gasteiger partial charge on any atom is 0.250 e. The van der Waals surface area contributed by atoms with Crippen molar-refractivity contribution in [3.05, 3.63) is 120 Å². The molecule has 0 spiro atoms. The third-order valence-electron chi connectivity index (χ3n) is 4.41. The van der Waals surface area contributed by atoms with E-state index in [9.17, 15) is 4.79 Å². The minimum atomic E-state index is -1.36. The molecule has 3 aromatic carbocycles. The number of carbonyl (C=O) groups is 1. The van der Waals surface area contributed by atoms with Gasteiger partial charge in [0.1, 0.15) is 5.75 Å². The van der Waals surface area contributed by atoms with Gasteiger partial charge in [0.25, 0.3) is 5.78 Å². The molecule has 4 nitrogen and oxygen atoms in total. The average Bonchev–Trinajstić information content (AvgIpc) is 3.28. The van der Waals surface area contributed by atoms with Gasteiger partial charge in [-0.2, -0.15) is 0 Å². The van der Waals surface area contributed by atoms with E-state index in [0.717, 1.165) is 11.1 Å². The number of Topliss-reactive ketones (excluding diaryl/α,β-unsaturated/α-hetero) is 1. The summed E-state index contributed by atoms with van der Waals surface area (Å²) in [5.41, 5.74) is 0.116. The van der Waals surface area contributed by atoms with E-state index in [-0.39, 0.29) is 11.6 Å². The van der Waals surface area contributed by atoms with Crippen molar-refractivity contribution in [2.75, 3.05) is 0 Å². The van der Waals surface area contributed by atoms with Crippen LogP contribution in [0.2, 0.25) is 0 Å². The van der Waals surface area contributed by atoms with Crippen molar-refractivity contribution in [3.63, 3.8) is 0 Å². The van der Waals surface area contributed by atoms with E-state index in [1.165, 1.54) is 0 Å². The van der Waals surface area contributed by atoms with Crippen molar-refractivity contribution in [3.8, 4) is 5.75 Å². The van der Waals surface area contributed by atoms with E-state index in [1.54, 1.807) is 12.4 Å². The molecule has 4 heteroatoms. The summed E-state index contributed by atoms with van der Waals surface area (Å²) in [4.78, 5) is 20.8. The van der Waals surface area contributed by atoms with Crippen LogP contribution >= 0.6 is 0 Å². The van der Waals surface area contributed by atoms with E-state index >= 15 is 0 Å². The van der Waals surface area contributed by atoms with Crippen LogP contribution in [0.4, 0.5) is 0 Å². The molecule has 0 radical (unpaired) electrons. The number of H-pyrrole nitrogens is 1. The van der Waals surface area contributed by atoms with E-state index < -0.39 is 5.60 Å². The molecule has 0 aliphatic carbocycles. The summed E-state index contributed by atoms with van der Waals surface area (Å²) in [7, 11) is 0. The molecule has 0 saturated heterocycles. The Balaban J connectivity index is 1.98. The van der Waals surface area contributed by atoms with Crippen molar-refractivity contribution in [1.82, 2.24) is 9.97 Å². The number of benzene rings is 3. The van der Waals surface area contributed by atoms with E-state index in [0.29, 0.717) is 5.75 Å². The van der Waals surface area contributed by atoms with E-state index in [2.05, 4.69) is 9.97 Å². The zero-order chi connectivity index (χ0) is 18.5. The van der Waals surface area contributed by atoms with Crippen LogP contribution in [0.15, 0.2) is 103 Å². The van der Waals surface area contributed by atoms with Crippen LogP contribution in [0, 0.1) is 0 Å². The molecule has 0 amide bonds. The molecule has 1 N–H and O–H groups in total. The van der Waals surface area contributed by atoms with E-state index in [4.69, 9.17) is 4.74 Å². The second kappa shape index (κ2) is 7.30. The first-order valence-electron chi connectivity index (χ1n) is 8.70. The average molecular weight is 354 g/mol. The predicted octanol–water partition coefficient (Wildman–Crippen LogP) is 4.62. The number of rotatable bonds is 6. The zero-order valence-corrected chi connectivity index (χ0v) is 14.6. The standard InChI is InChI=1S/C23H18N2O2/c26-21(22-24-16-17-25-22)23(18-10-4-1-5-11-18,19-12-6-2-7-13-19)27-20-14-8-3-9-15-20/h1-17H,(H,24,25).